The van der Waals surface area contributed by atoms with Gasteiger partial charge in [0.25, 0.3) is 0 Å². The van der Waals surface area contributed by atoms with Crippen LogP contribution in [0.3, 0.4) is 0 Å². The largest absolute Gasteiger partial charge is 0.330 e. The quantitative estimate of drug-likeness (QED) is 0.820. The summed E-state index contributed by atoms with van der Waals surface area (Å²) in [6.45, 7) is 0.361. The Bertz CT molecular complexity index is 531. The highest BCUT2D eigenvalue weighted by Gasteiger charge is 2.32. The van der Waals surface area contributed by atoms with Crippen LogP contribution < -0.4 is 11.5 Å². The zero-order valence-electron chi connectivity index (χ0n) is 9.92. The molecule has 4 N–H and O–H groups in total. The normalized spacial score (nSPS) is 11.6. The van der Waals surface area contributed by atoms with E-state index in [4.69, 9.17) is 34.7 Å². The van der Waals surface area contributed by atoms with Gasteiger partial charge in [0.05, 0.1) is 11.4 Å². The van der Waals surface area contributed by atoms with Crippen molar-refractivity contribution in [1.29, 1.82) is 0 Å². The van der Waals surface area contributed by atoms with E-state index in [9.17, 15) is 0 Å². The molecule has 8 heteroatoms. The Morgan fingerprint density at radius 3 is 1.84 bits per heavy atom. The molecular formula is C11H12Cl2N6. The third-order valence-electron chi connectivity index (χ3n) is 2.71. The predicted molar refractivity (Wildman–Crippen MR) is 72.7 cm³/mol. The highest BCUT2D eigenvalue weighted by molar-refractivity contribution is 6.28. The lowest BCUT2D eigenvalue weighted by molar-refractivity contribution is 0.469. The van der Waals surface area contributed by atoms with Crippen LogP contribution in [-0.4, -0.2) is 26.5 Å². The third kappa shape index (κ3) is 2.98. The number of hydrogen-bond donors (Lipinski definition) is 2. The summed E-state index contributed by atoms with van der Waals surface area (Å²) in [5.74, 6) is 0. The molecule has 0 amide bonds. The second-order valence-corrected chi connectivity index (χ2v) is 4.61. The van der Waals surface area contributed by atoms with Crippen molar-refractivity contribution in [3.8, 4) is 0 Å². The second-order valence-electron chi connectivity index (χ2n) is 3.93. The van der Waals surface area contributed by atoms with Crippen LogP contribution in [0.25, 0.3) is 0 Å². The molecule has 0 aromatic carbocycles. The zero-order valence-corrected chi connectivity index (χ0v) is 11.4. The maximum Gasteiger partial charge on any atom is 0.222 e. The van der Waals surface area contributed by atoms with Gasteiger partial charge in [-0.3, -0.25) is 0 Å². The van der Waals surface area contributed by atoms with Gasteiger partial charge in [-0.15, -0.1) is 0 Å². The highest BCUT2D eigenvalue weighted by Crippen LogP contribution is 2.28. The molecule has 2 aromatic rings. The first-order valence-corrected chi connectivity index (χ1v) is 6.29. The summed E-state index contributed by atoms with van der Waals surface area (Å²) in [7, 11) is 0. The molecule has 100 valence electrons. The molecule has 2 aromatic heterocycles. The minimum Gasteiger partial charge on any atom is -0.330 e. The molecule has 0 radical (unpaired) electrons. The molecule has 2 rings (SSSR count). The van der Waals surface area contributed by atoms with E-state index in [1.54, 1.807) is 12.1 Å². The second kappa shape index (κ2) is 5.75. The number of nitrogens with zero attached hydrogens (tertiary/aromatic N) is 4. The van der Waals surface area contributed by atoms with E-state index >= 15 is 0 Å². The van der Waals surface area contributed by atoms with E-state index in [1.165, 1.54) is 12.4 Å². The molecule has 0 aliphatic heterocycles. The monoisotopic (exact) mass is 298 g/mol. The number of nitrogens with two attached hydrogens (primary N) is 2. The van der Waals surface area contributed by atoms with Crippen molar-refractivity contribution in [2.75, 3.05) is 6.54 Å². The SMILES string of the molecule is NCCC(N)(c1ccnc(Cl)n1)c1ccnc(Cl)n1. The molecule has 19 heavy (non-hydrogen) atoms. The molecule has 0 bridgehead atoms. The summed E-state index contributed by atoms with van der Waals surface area (Å²) in [6.07, 6.45) is 3.50. The predicted octanol–water partition coefficient (Wildman–Crippen LogP) is 1.12. The number of rotatable bonds is 4. The Kier molecular flexibility index (Phi) is 4.26. The van der Waals surface area contributed by atoms with Gasteiger partial charge < -0.3 is 11.5 Å². The van der Waals surface area contributed by atoms with Gasteiger partial charge in [-0.2, -0.15) is 0 Å². The van der Waals surface area contributed by atoms with Crippen molar-refractivity contribution >= 4 is 23.2 Å². The van der Waals surface area contributed by atoms with Crippen molar-refractivity contribution in [2.45, 2.75) is 12.0 Å². The number of aromatic nitrogens is 4. The molecule has 0 spiro atoms. The minimum absolute atomic E-state index is 0.115. The van der Waals surface area contributed by atoms with Crippen LogP contribution in [0.1, 0.15) is 17.8 Å². The number of halogens is 2. The van der Waals surface area contributed by atoms with Crippen LogP contribution in [-0.2, 0) is 5.54 Å². The first-order chi connectivity index (χ1) is 9.06. The van der Waals surface area contributed by atoms with E-state index in [0.717, 1.165) is 0 Å². The fraction of sp³-hybridized carbons (Fsp3) is 0.273. The Balaban J connectivity index is 2.54. The Morgan fingerprint density at radius 2 is 1.47 bits per heavy atom. The lowest BCUT2D eigenvalue weighted by atomic mass is 9.88. The average molecular weight is 299 g/mol. The van der Waals surface area contributed by atoms with E-state index in [0.29, 0.717) is 24.4 Å². The molecule has 0 aliphatic carbocycles. The summed E-state index contributed by atoms with van der Waals surface area (Å²) in [5.41, 5.74) is 12.1. The van der Waals surface area contributed by atoms with Crippen LogP contribution in [0.15, 0.2) is 24.5 Å². The van der Waals surface area contributed by atoms with Crippen molar-refractivity contribution < 1.29 is 0 Å². The van der Waals surface area contributed by atoms with Gasteiger partial charge >= 0.3 is 0 Å². The number of hydrogen-bond acceptors (Lipinski definition) is 6. The molecule has 0 saturated heterocycles. The molecule has 0 saturated carbocycles. The topological polar surface area (TPSA) is 104 Å². The van der Waals surface area contributed by atoms with Gasteiger partial charge in [0, 0.05) is 12.4 Å². The van der Waals surface area contributed by atoms with Crippen LogP contribution in [0, 0.1) is 0 Å². The lowest BCUT2D eigenvalue weighted by Gasteiger charge is -2.27. The standard InChI is InChI=1S/C11H12Cl2N6/c12-9-16-5-1-7(18-9)11(15,3-4-14)8-2-6-17-10(13)19-8/h1-2,5-6H,3-4,14-15H2. The maximum absolute atomic E-state index is 6.41. The summed E-state index contributed by atoms with van der Waals surface area (Å²) in [6, 6.07) is 3.36. The molecule has 0 aliphatic rings. The average Bonchev–Trinajstić information content (AvgIpc) is 2.39. The van der Waals surface area contributed by atoms with E-state index in [-0.39, 0.29) is 10.6 Å². The minimum atomic E-state index is -0.978. The van der Waals surface area contributed by atoms with E-state index < -0.39 is 5.54 Å². The molecule has 0 unspecified atom stereocenters. The summed E-state index contributed by atoms with van der Waals surface area (Å²) < 4.78 is 0. The first kappa shape index (κ1) is 14.1. The maximum atomic E-state index is 6.41. The summed E-state index contributed by atoms with van der Waals surface area (Å²) >= 11 is 11.6. The van der Waals surface area contributed by atoms with Crippen molar-refractivity contribution in [3.63, 3.8) is 0 Å². The molecule has 2 heterocycles. The van der Waals surface area contributed by atoms with Gasteiger partial charge in [-0.25, -0.2) is 19.9 Å². The zero-order chi connectivity index (χ0) is 13.9. The van der Waals surface area contributed by atoms with Crippen LogP contribution in [0.2, 0.25) is 10.6 Å². The Morgan fingerprint density at radius 1 is 1.00 bits per heavy atom. The van der Waals surface area contributed by atoms with E-state index in [1.807, 2.05) is 0 Å². The van der Waals surface area contributed by atoms with Crippen LogP contribution >= 0.6 is 23.2 Å². The molecule has 6 nitrogen and oxygen atoms in total. The van der Waals surface area contributed by atoms with Gasteiger partial charge in [0.2, 0.25) is 10.6 Å². The van der Waals surface area contributed by atoms with Gasteiger partial charge in [-0.1, -0.05) is 0 Å². The van der Waals surface area contributed by atoms with Gasteiger partial charge in [0.1, 0.15) is 5.54 Å². The van der Waals surface area contributed by atoms with Crippen molar-refractivity contribution in [3.05, 3.63) is 46.5 Å². The fourth-order valence-electron chi connectivity index (χ4n) is 1.78. The third-order valence-corrected chi connectivity index (χ3v) is 3.07. The van der Waals surface area contributed by atoms with Crippen molar-refractivity contribution in [2.24, 2.45) is 11.5 Å². The molecule has 0 atom stereocenters. The van der Waals surface area contributed by atoms with Crippen molar-refractivity contribution in [1.82, 2.24) is 19.9 Å². The Hall–Kier alpha value is -1.34. The smallest absolute Gasteiger partial charge is 0.222 e. The van der Waals surface area contributed by atoms with Crippen LogP contribution in [0.4, 0.5) is 0 Å². The molecular weight excluding hydrogens is 287 g/mol. The Labute approximate surface area is 120 Å². The molecule has 0 fully saturated rings. The fourth-order valence-corrected chi connectivity index (χ4v) is 2.08. The first-order valence-electron chi connectivity index (χ1n) is 5.53. The lowest BCUT2D eigenvalue weighted by Crippen LogP contribution is -2.41. The van der Waals surface area contributed by atoms with E-state index in [2.05, 4.69) is 19.9 Å². The summed E-state index contributed by atoms with van der Waals surface area (Å²) in [5, 5.41) is 0.231. The van der Waals surface area contributed by atoms with Gasteiger partial charge in [0.15, 0.2) is 0 Å². The highest BCUT2D eigenvalue weighted by atomic mass is 35.5. The van der Waals surface area contributed by atoms with Gasteiger partial charge in [-0.05, 0) is 48.3 Å². The van der Waals surface area contributed by atoms with Crippen LogP contribution in [0.5, 0.6) is 0 Å². The summed E-state index contributed by atoms with van der Waals surface area (Å²) in [4.78, 5) is 15.9.